The number of benzene rings is 1. The smallest absolute Gasteiger partial charge is 0.274 e. The Bertz CT molecular complexity index is 537. The number of nitro benzene ring substituents is 1. The van der Waals surface area contributed by atoms with E-state index < -0.39 is 0 Å². The number of nitrogens with one attached hydrogen (secondary N) is 1. The number of halogens is 1. The van der Waals surface area contributed by atoms with Crippen LogP contribution in [-0.4, -0.2) is 36.0 Å². The third-order valence-corrected chi connectivity index (χ3v) is 5.38. The predicted octanol–water partition coefficient (Wildman–Crippen LogP) is 3.77. The van der Waals surface area contributed by atoms with E-state index >= 15 is 0 Å². The Morgan fingerprint density at radius 1 is 1.22 bits per heavy atom. The average molecular weight is 338 g/mol. The van der Waals surface area contributed by atoms with E-state index in [1.165, 1.54) is 19.3 Å². The van der Waals surface area contributed by atoms with Crippen LogP contribution in [0, 0.1) is 16.0 Å². The molecular formula is C17H24ClN3O2. The van der Waals surface area contributed by atoms with Crippen LogP contribution in [0.3, 0.4) is 0 Å². The highest BCUT2D eigenvalue weighted by Gasteiger charge is 2.35. The zero-order valence-electron chi connectivity index (χ0n) is 13.3. The largest absolute Gasteiger partial charge is 0.314 e. The zero-order chi connectivity index (χ0) is 16.2. The van der Waals surface area contributed by atoms with E-state index in [0.717, 1.165) is 44.6 Å². The molecule has 1 aliphatic carbocycles. The summed E-state index contributed by atoms with van der Waals surface area (Å²) in [5.74, 6) is 0.485. The lowest BCUT2D eigenvalue weighted by Gasteiger charge is -2.41. The van der Waals surface area contributed by atoms with E-state index in [1.807, 2.05) is 6.07 Å². The molecular weight excluding hydrogens is 314 g/mol. The molecule has 0 aromatic heterocycles. The van der Waals surface area contributed by atoms with Crippen molar-refractivity contribution in [3.05, 3.63) is 38.9 Å². The van der Waals surface area contributed by atoms with Gasteiger partial charge in [0.1, 0.15) is 0 Å². The maximum atomic E-state index is 11.5. The third kappa shape index (κ3) is 3.84. The minimum absolute atomic E-state index is 0.108. The molecule has 5 nitrogen and oxygen atoms in total. The molecule has 1 aromatic carbocycles. The lowest BCUT2D eigenvalue weighted by molar-refractivity contribution is -0.386. The van der Waals surface area contributed by atoms with Crippen molar-refractivity contribution in [2.45, 2.75) is 38.1 Å². The SMILES string of the molecule is O=[N+]([O-])c1ccc(Cl)cc1[C@H](C1CCCCC1)N1CCNCC1. The molecule has 0 unspecified atom stereocenters. The van der Waals surface area contributed by atoms with E-state index in [4.69, 9.17) is 11.6 Å². The van der Waals surface area contributed by atoms with Crippen molar-refractivity contribution >= 4 is 17.3 Å². The van der Waals surface area contributed by atoms with Crippen molar-refractivity contribution in [1.29, 1.82) is 0 Å². The molecule has 0 bridgehead atoms. The Morgan fingerprint density at radius 2 is 1.91 bits per heavy atom. The Hall–Kier alpha value is -1.17. The van der Waals surface area contributed by atoms with E-state index in [9.17, 15) is 10.1 Å². The first-order chi connectivity index (χ1) is 11.2. The van der Waals surface area contributed by atoms with Gasteiger partial charge in [0, 0.05) is 48.9 Å². The van der Waals surface area contributed by atoms with E-state index in [2.05, 4.69) is 10.2 Å². The van der Waals surface area contributed by atoms with Crippen LogP contribution in [0.25, 0.3) is 0 Å². The second-order valence-corrected chi connectivity index (χ2v) is 7.03. The quantitative estimate of drug-likeness (QED) is 0.671. The summed E-state index contributed by atoms with van der Waals surface area (Å²) in [6.45, 7) is 3.75. The molecule has 126 valence electrons. The van der Waals surface area contributed by atoms with Crippen molar-refractivity contribution in [3.8, 4) is 0 Å². The maximum Gasteiger partial charge on any atom is 0.274 e. The fourth-order valence-electron chi connectivity index (χ4n) is 4.09. The second kappa shape index (κ2) is 7.60. The number of piperazine rings is 1. The van der Waals surface area contributed by atoms with Gasteiger partial charge in [0.2, 0.25) is 0 Å². The first-order valence-corrected chi connectivity index (χ1v) is 8.93. The van der Waals surface area contributed by atoms with Crippen LogP contribution in [0.15, 0.2) is 18.2 Å². The minimum Gasteiger partial charge on any atom is -0.314 e. The molecule has 2 fully saturated rings. The normalized spacial score (nSPS) is 22.0. The molecule has 6 heteroatoms. The summed E-state index contributed by atoms with van der Waals surface area (Å²) in [5, 5.41) is 15.5. The Morgan fingerprint density at radius 3 is 2.57 bits per heavy atom. The standard InChI is InChI=1S/C17H24ClN3O2/c18-14-6-7-16(21(22)23)15(12-14)17(13-4-2-1-3-5-13)20-10-8-19-9-11-20/h6-7,12-13,17,19H,1-5,8-11H2/t17-/m0/s1. The molecule has 1 heterocycles. The monoisotopic (exact) mass is 337 g/mol. The highest BCUT2D eigenvalue weighted by Crippen LogP contribution is 2.42. The summed E-state index contributed by atoms with van der Waals surface area (Å²) in [6.07, 6.45) is 6.03. The van der Waals surface area contributed by atoms with Crippen LogP contribution in [0.2, 0.25) is 5.02 Å². The van der Waals surface area contributed by atoms with Crippen LogP contribution < -0.4 is 5.32 Å². The van der Waals surface area contributed by atoms with Gasteiger partial charge in [-0.2, -0.15) is 0 Å². The summed E-state index contributed by atoms with van der Waals surface area (Å²) < 4.78 is 0. The Balaban J connectivity index is 1.99. The molecule has 0 amide bonds. The fourth-order valence-corrected chi connectivity index (χ4v) is 4.27. The van der Waals surface area contributed by atoms with Crippen molar-refractivity contribution in [2.75, 3.05) is 26.2 Å². The van der Waals surface area contributed by atoms with Crippen LogP contribution in [0.5, 0.6) is 0 Å². The molecule has 3 rings (SSSR count). The van der Waals surface area contributed by atoms with Crippen molar-refractivity contribution < 1.29 is 4.92 Å². The minimum atomic E-state index is -0.260. The first-order valence-electron chi connectivity index (χ1n) is 8.55. The van der Waals surface area contributed by atoms with Crippen molar-refractivity contribution in [3.63, 3.8) is 0 Å². The van der Waals surface area contributed by atoms with Crippen molar-refractivity contribution in [2.24, 2.45) is 5.92 Å². The zero-order valence-corrected chi connectivity index (χ0v) is 14.1. The summed E-state index contributed by atoms with van der Waals surface area (Å²) >= 11 is 6.19. The van der Waals surface area contributed by atoms with Gasteiger partial charge in [0.25, 0.3) is 5.69 Å². The van der Waals surface area contributed by atoms with Gasteiger partial charge in [-0.15, -0.1) is 0 Å². The number of nitrogens with zero attached hydrogens (tertiary/aromatic N) is 2. The van der Waals surface area contributed by atoms with Crippen LogP contribution in [0.1, 0.15) is 43.7 Å². The van der Waals surface area contributed by atoms with Gasteiger partial charge in [-0.3, -0.25) is 15.0 Å². The lowest BCUT2D eigenvalue weighted by atomic mass is 9.79. The molecule has 0 radical (unpaired) electrons. The number of hydrogen-bond acceptors (Lipinski definition) is 4. The van der Waals surface area contributed by atoms with Crippen molar-refractivity contribution in [1.82, 2.24) is 10.2 Å². The summed E-state index contributed by atoms with van der Waals surface area (Å²) in [5.41, 5.74) is 1.01. The molecule has 1 atom stereocenters. The molecule has 1 saturated heterocycles. The molecule has 1 N–H and O–H groups in total. The van der Waals surface area contributed by atoms with E-state index in [-0.39, 0.29) is 16.7 Å². The van der Waals surface area contributed by atoms with Gasteiger partial charge in [-0.25, -0.2) is 0 Å². The predicted molar refractivity (Wildman–Crippen MR) is 91.9 cm³/mol. The van der Waals surface area contributed by atoms with Crippen LogP contribution in [-0.2, 0) is 0 Å². The van der Waals surface area contributed by atoms with E-state index in [1.54, 1.807) is 12.1 Å². The lowest BCUT2D eigenvalue weighted by Crippen LogP contribution is -2.47. The molecule has 23 heavy (non-hydrogen) atoms. The van der Waals surface area contributed by atoms with Crippen LogP contribution in [0.4, 0.5) is 5.69 Å². The maximum absolute atomic E-state index is 11.5. The van der Waals surface area contributed by atoms with E-state index in [0.29, 0.717) is 10.9 Å². The highest BCUT2D eigenvalue weighted by atomic mass is 35.5. The van der Waals surface area contributed by atoms with Gasteiger partial charge < -0.3 is 5.32 Å². The van der Waals surface area contributed by atoms with Gasteiger partial charge in [-0.05, 0) is 30.9 Å². The number of nitro groups is 1. The summed E-state index contributed by atoms with van der Waals surface area (Å²) in [4.78, 5) is 13.7. The number of rotatable bonds is 4. The van der Waals surface area contributed by atoms with Crippen LogP contribution >= 0.6 is 11.6 Å². The number of hydrogen-bond donors (Lipinski definition) is 1. The van der Waals surface area contributed by atoms with Gasteiger partial charge >= 0.3 is 0 Å². The molecule has 2 aliphatic rings. The average Bonchev–Trinajstić information content (AvgIpc) is 2.57. The first kappa shape index (κ1) is 16.7. The Labute approximate surface area is 142 Å². The molecule has 0 spiro atoms. The molecule has 1 aromatic rings. The topological polar surface area (TPSA) is 58.4 Å². The van der Waals surface area contributed by atoms with Gasteiger partial charge in [0.15, 0.2) is 0 Å². The van der Waals surface area contributed by atoms with Gasteiger partial charge in [-0.1, -0.05) is 30.9 Å². The fraction of sp³-hybridized carbons (Fsp3) is 0.647. The molecule has 1 aliphatic heterocycles. The summed E-state index contributed by atoms with van der Waals surface area (Å²) in [6, 6.07) is 5.12. The van der Waals surface area contributed by atoms with Gasteiger partial charge in [0.05, 0.1) is 4.92 Å². The Kier molecular flexibility index (Phi) is 5.51. The third-order valence-electron chi connectivity index (χ3n) is 5.15. The highest BCUT2D eigenvalue weighted by molar-refractivity contribution is 6.30. The summed E-state index contributed by atoms with van der Waals surface area (Å²) in [7, 11) is 0. The second-order valence-electron chi connectivity index (χ2n) is 6.59. The molecule has 1 saturated carbocycles.